The van der Waals surface area contributed by atoms with Crippen LogP contribution in [0.2, 0.25) is 0 Å². The van der Waals surface area contributed by atoms with Gasteiger partial charge in [-0.3, -0.25) is 9.69 Å². The summed E-state index contributed by atoms with van der Waals surface area (Å²) in [5, 5.41) is 0. The van der Waals surface area contributed by atoms with Gasteiger partial charge in [0.1, 0.15) is 5.82 Å². The van der Waals surface area contributed by atoms with Gasteiger partial charge in [0.2, 0.25) is 15.9 Å². The van der Waals surface area contributed by atoms with E-state index in [0.717, 1.165) is 56.5 Å². The van der Waals surface area contributed by atoms with Crippen LogP contribution in [0.3, 0.4) is 0 Å². The number of primary amides is 1. The van der Waals surface area contributed by atoms with Gasteiger partial charge in [0.25, 0.3) is 0 Å². The number of carbonyl (C=O) groups excluding carboxylic acids is 1. The van der Waals surface area contributed by atoms with Crippen LogP contribution in [-0.4, -0.2) is 58.8 Å². The van der Waals surface area contributed by atoms with Gasteiger partial charge in [0, 0.05) is 19.6 Å². The smallest absolute Gasteiger partial charge is 0.243 e. The molecule has 2 N–H and O–H groups in total. The van der Waals surface area contributed by atoms with Crippen LogP contribution in [0.4, 0.5) is 0 Å². The minimum atomic E-state index is -3.49. The molecule has 8 nitrogen and oxygen atoms in total. The first-order chi connectivity index (χ1) is 13.9. The Hall–Kier alpha value is -1.97. The minimum Gasteiger partial charge on any atom is -0.368 e. The molecule has 1 aromatic carbocycles. The molecule has 9 heteroatoms. The number of aryl methyl sites for hydroxylation is 1. The van der Waals surface area contributed by atoms with Crippen molar-refractivity contribution in [3.8, 4) is 0 Å². The zero-order valence-electron chi connectivity index (χ0n) is 16.9. The van der Waals surface area contributed by atoms with Crippen molar-refractivity contribution in [1.82, 2.24) is 18.8 Å². The van der Waals surface area contributed by atoms with Crippen LogP contribution < -0.4 is 5.73 Å². The molecule has 2 aliphatic rings. The lowest BCUT2D eigenvalue weighted by molar-refractivity contribution is -0.122. The molecule has 2 aromatic rings. The largest absolute Gasteiger partial charge is 0.368 e. The summed E-state index contributed by atoms with van der Waals surface area (Å²) in [7, 11) is -3.49. The van der Waals surface area contributed by atoms with Crippen molar-refractivity contribution in [2.24, 2.45) is 5.73 Å². The van der Waals surface area contributed by atoms with Gasteiger partial charge in [0.15, 0.2) is 0 Å². The van der Waals surface area contributed by atoms with E-state index in [1.807, 2.05) is 13.0 Å². The Balaban J connectivity index is 1.66. The third kappa shape index (κ3) is 3.78. The summed E-state index contributed by atoms with van der Waals surface area (Å²) < 4.78 is 29.7. The van der Waals surface area contributed by atoms with Crippen LogP contribution in [0.15, 0.2) is 23.1 Å². The third-order valence-corrected chi connectivity index (χ3v) is 8.00. The van der Waals surface area contributed by atoms with Crippen molar-refractivity contribution >= 4 is 27.0 Å². The SMILES string of the molecule is CCn1c(CN2CCCC2C(N)=O)nc2cc(S(=O)(=O)N3CCCCC3)ccc21. The Morgan fingerprint density at radius 2 is 1.93 bits per heavy atom. The lowest BCUT2D eigenvalue weighted by atomic mass is 10.2. The maximum atomic E-state index is 13.0. The number of benzene rings is 1. The molecular formula is C20H29N5O3S. The monoisotopic (exact) mass is 419 g/mol. The lowest BCUT2D eigenvalue weighted by Crippen LogP contribution is -2.40. The molecule has 2 fully saturated rings. The van der Waals surface area contributed by atoms with Crippen molar-refractivity contribution in [1.29, 1.82) is 0 Å². The van der Waals surface area contributed by atoms with Crippen molar-refractivity contribution in [2.45, 2.75) is 63.1 Å². The Kier molecular flexibility index (Phi) is 5.63. The summed E-state index contributed by atoms with van der Waals surface area (Å²) in [6.45, 7) is 5.27. The highest BCUT2D eigenvalue weighted by atomic mass is 32.2. The summed E-state index contributed by atoms with van der Waals surface area (Å²) in [6.07, 6.45) is 4.62. The minimum absolute atomic E-state index is 0.254. The molecule has 4 rings (SSSR count). The maximum Gasteiger partial charge on any atom is 0.243 e. The van der Waals surface area contributed by atoms with E-state index in [4.69, 9.17) is 10.7 Å². The molecule has 2 saturated heterocycles. The Morgan fingerprint density at radius 3 is 2.62 bits per heavy atom. The number of sulfonamides is 1. The average Bonchev–Trinajstić information content (AvgIpc) is 3.32. The maximum absolute atomic E-state index is 13.0. The molecule has 1 aromatic heterocycles. The number of aromatic nitrogens is 2. The summed E-state index contributed by atoms with van der Waals surface area (Å²) in [5.74, 6) is 0.541. The third-order valence-electron chi connectivity index (χ3n) is 6.10. The first-order valence-electron chi connectivity index (χ1n) is 10.4. The highest BCUT2D eigenvalue weighted by Crippen LogP contribution is 2.26. The molecule has 0 bridgehead atoms. The second-order valence-electron chi connectivity index (χ2n) is 7.92. The standard InChI is InChI=1S/C20H29N5O3S/c1-2-25-17-9-8-15(29(27,28)24-11-4-3-5-12-24)13-16(17)22-19(25)14-23-10-6-7-18(23)20(21)26/h8-9,13,18H,2-7,10-12,14H2,1H3,(H2,21,26). The number of likely N-dealkylation sites (tertiary alicyclic amines) is 1. The van der Waals surface area contributed by atoms with Crippen LogP contribution >= 0.6 is 0 Å². The van der Waals surface area contributed by atoms with Crippen LogP contribution in [0.5, 0.6) is 0 Å². The van der Waals surface area contributed by atoms with Gasteiger partial charge >= 0.3 is 0 Å². The van der Waals surface area contributed by atoms with E-state index in [1.165, 1.54) is 0 Å². The van der Waals surface area contributed by atoms with E-state index in [-0.39, 0.29) is 11.9 Å². The Labute approximate surface area is 171 Å². The highest BCUT2D eigenvalue weighted by Gasteiger charge is 2.31. The second-order valence-corrected chi connectivity index (χ2v) is 9.86. The molecule has 1 atom stereocenters. The van der Waals surface area contributed by atoms with Gasteiger partial charge in [-0.15, -0.1) is 0 Å². The molecule has 0 radical (unpaired) electrons. The van der Waals surface area contributed by atoms with E-state index in [1.54, 1.807) is 16.4 Å². The highest BCUT2D eigenvalue weighted by molar-refractivity contribution is 7.89. The number of imidazole rings is 1. The van der Waals surface area contributed by atoms with Crippen LogP contribution in [-0.2, 0) is 27.9 Å². The lowest BCUT2D eigenvalue weighted by Gasteiger charge is -2.25. The van der Waals surface area contributed by atoms with Gasteiger partial charge in [-0.1, -0.05) is 6.42 Å². The zero-order valence-corrected chi connectivity index (χ0v) is 17.7. The number of piperidine rings is 1. The number of carbonyl (C=O) groups is 1. The van der Waals surface area contributed by atoms with E-state index >= 15 is 0 Å². The van der Waals surface area contributed by atoms with Crippen LogP contribution in [0.25, 0.3) is 11.0 Å². The Bertz CT molecular complexity index is 1010. The van der Waals surface area contributed by atoms with Crippen molar-refractivity contribution in [3.05, 3.63) is 24.0 Å². The van der Waals surface area contributed by atoms with Crippen LogP contribution in [0.1, 0.15) is 44.9 Å². The van der Waals surface area contributed by atoms with E-state index in [9.17, 15) is 13.2 Å². The first-order valence-corrected chi connectivity index (χ1v) is 11.9. The predicted octanol–water partition coefficient (Wildman–Crippen LogP) is 1.68. The molecule has 0 aliphatic carbocycles. The van der Waals surface area contributed by atoms with Crippen LogP contribution in [0, 0.1) is 0 Å². The number of rotatable bonds is 6. The Morgan fingerprint density at radius 1 is 1.17 bits per heavy atom. The number of amides is 1. The summed E-state index contributed by atoms with van der Waals surface area (Å²) in [6, 6.07) is 4.97. The molecular weight excluding hydrogens is 390 g/mol. The molecule has 1 amide bonds. The average molecular weight is 420 g/mol. The molecule has 29 heavy (non-hydrogen) atoms. The summed E-state index contributed by atoms with van der Waals surface area (Å²) >= 11 is 0. The molecule has 1 unspecified atom stereocenters. The van der Waals surface area contributed by atoms with Gasteiger partial charge < -0.3 is 10.3 Å². The molecule has 3 heterocycles. The van der Waals surface area contributed by atoms with E-state index in [0.29, 0.717) is 30.0 Å². The summed E-state index contributed by atoms with van der Waals surface area (Å²) in [4.78, 5) is 18.8. The molecule has 2 aliphatic heterocycles. The summed E-state index contributed by atoms with van der Waals surface area (Å²) in [5.41, 5.74) is 7.13. The quantitative estimate of drug-likeness (QED) is 0.768. The topological polar surface area (TPSA) is 102 Å². The van der Waals surface area contributed by atoms with Gasteiger partial charge in [0.05, 0.1) is 28.5 Å². The van der Waals surface area contributed by atoms with Gasteiger partial charge in [-0.2, -0.15) is 4.31 Å². The first kappa shape index (κ1) is 20.3. The number of nitrogens with zero attached hydrogens (tertiary/aromatic N) is 4. The normalized spacial score (nSPS) is 21.8. The van der Waals surface area contributed by atoms with Crippen molar-refractivity contribution in [3.63, 3.8) is 0 Å². The fourth-order valence-electron chi connectivity index (χ4n) is 4.57. The fraction of sp³-hybridized carbons (Fsp3) is 0.600. The van der Waals surface area contributed by atoms with Gasteiger partial charge in [-0.05, 0) is 57.4 Å². The predicted molar refractivity (Wildman–Crippen MR) is 111 cm³/mol. The second kappa shape index (κ2) is 8.04. The number of fused-ring (bicyclic) bond motifs is 1. The van der Waals surface area contributed by atoms with E-state index in [2.05, 4.69) is 9.47 Å². The number of hydrogen-bond acceptors (Lipinski definition) is 5. The van der Waals surface area contributed by atoms with Gasteiger partial charge in [-0.25, -0.2) is 13.4 Å². The van der Waals surface area contributed by atoms with Crippen molar-refractivity contribution in [2.75, 3.05) is 19.6 Å². The molecule has 0 spiro atoms. The number of nitrogens with two attached hydrogens (primary N) is 1. The molecule has 158 valence electrons. The molecule has 0 saturated carbocycles. The zero-order chi connectivity index (χ0) is 20.6. The fourth-order valence-corrected chi connectivity index (χ4v) is 6.10. The van der Waals surface area contributed by atoms with Crippen molar-refractivity contribution < 1.29 is 13.2 Å². The number of hydrogen-bond donors (Lipinski definition) is 1. The van der Waals surface area contributed by atoms with E-state index < -0.39 is 10.0 Å².